The number of hydrogen-bond donors (Lipinski definition) is 1. The third-order valence-electron chi connectivity index (χ3n) is 2.70. The second-order valence-corrected chi connectivity index (χ2v) is 3.75. The fourth-order valence-corrected chi connectivity index (χ4v) is 1.56. The first-order valence-electron chi connectivity index (χ1n) is 5.90. The Balaban J connectivity index is 2.53. The monoisotopic (exact) mass is 257 g/mol. The molecule has 1 aromatic heterocycles. The van der Waals surface area contributed by atoms with E-state index in [1.54, 1.807) is 0 Å². The first kappa shape index (κ1) is 14.5. The number of carbonyl (C=O) groups is 1. The van der Waals surface area contributed by atoms with E-state index in [9.17, 15) is 13.6 Å². The highest BCUT2D eigenvalue weighted by Crippen LogP contribution is 2.08. The molecule has 6 heteroatoms. The first-order chi connectivity index (χ1) is 8.60. The summed E-state index contributed by atoms with van der Waals surface area (Å²) in [5, 5.41) is 2.55. The second kappa shape index (κ2) is 7.00. The standard InChI is InChI=1S/C12H17F2N3O/c1-3-17(4-2)8-7-16-12(18)9-5-6-15-11(14)10(9)13/h5-6H,3-4,7-8H2,1-2H3,(H,16,18). The highest BCUT2D eigenvalue weighted by Gasteiger charge is 2.15. The number of nitrogens with zero attached hydrogens (tertiary/aromatic N) is 2. The van der Waals surface area contributed by atoms with E-state index in [-0.39, 0.29) is 5.56 Å². The van der Waals surface area contributed by atoms with Crippen LogP contribution in [0.15, 0.2) is 12.3 Å². The Morgan fingerprint density at radius 1 is 1.39 bits per heavy atom. The van der Waals surface area contributed by atoms with Gasteiger partial charge in [-0.25, -0.2) is 9.37 Å². The Hall–Kier alpha value is -1.56. The average Bonchev–Trinajstić information content (AvgIpc) is 2.37. The van der Waals surface area contributed by atoms with Crippen LogP contribution in [0.4, 0.5) is 8.78 Å². The molecule has 4 nitrogen and oxygen atoms in total. The zero-order valence-corrected chi connectivity index (χ0v) is 10.5. The molecule has 0 aliphatic heterocycles. The van der Waals surface area contributed by atoms with Crippen molar-refractivity contribution in [3.8, 4) is 0 Å². The molecule has 0 unspecified atom stereocenters. The molecule has 1 amide bonds. The quantitative estimate of drug-likeness (QED) is 0.784. The molecular formula is C12H17F2N3O. The normalized spacial score (nSPS) is 10.7. The zero-order chi connectivity index (χ0) is 13.5. The SMILES string of the molecule is CCN(CC)CCNC(=O)c1ccnc(F)c1F. The minimum absolute atomic E-state index is 0.318. The number of rotatable bonds is 6. The van der Waals surface area contributed by atoms with Crippen LogP contribution in [0.5, 0.6) is 0 Å². The van der Waals surface area contributed by atoms with Gasteiger partial charge in [-0.15, -0.1) is 0 Å². The summed E-state index contributed by atoms with van der Waals surface area (Å²) in [7, 11) is 0. The van der Waals surface area contributed by atoms with Gasteiger partial charge in [0.15, 0.2) is 5.82 Å². The molecule has 0 aromatic carbocycles. The Labute approximate surface area is 105 Å². The highest BCUT2D eigenvalue weighted by molar-refractivity contribution is 5.94. The molecule has 0 aliphatic rings. The number of nitrogens with one attached hydrogen (secondary N) is 1. The van der Waals surface area contributed by atoms with Crippen LogP contribution in [0.25, 0.3) is 0 Å². The van der Waals surface area contributed by atoms with Gasteiger partial charge in [0.1, 0.15) is 0 Å². The summed E-state index contributed by atoms with van der Waals surface area (Å²) in [5.41, 5.74) is -0.318. The van der Waals surface area contributed by atoms with E-state index in [2.05, 4.69) is 15.2 Å². The minimum atomic E-state index is -1.26. The second-order valence-electron chi connectivity index (χ2n) is 3.75. The van der Waals surface area contributed by atoms with Crippen LogP contribution >= 0.6 is 0 Å². The van der Waals surface area contributed by atoms with E-state index in [1.165, 1.54) is 0 Å². The number of amides is 1. The third-order valence-corrected chi connectivity index (χ3v) is 2.70. The number of likely N-dealkylation sites (N-methyl/N-ethyl adjacent to an activating group) is 1. The molecule has 0 saturated carbocycles. The minimum Gasteiger partial charge on any atom is -0.351 e. The topological polar surface area (TPSA) is 45.2 Å². The maximum atomic E-state index is 13.3. The van der Waals surface area contributed by atoms with Gasteiger partial charge in [0, 0.05) is 19.3 Å². The van der Waals surface area contributed by atoms with E-state index in [4.69, 9.17) is 0 Å². The number of pyridine rings is 1. The van der Waals surface area contributed by atoms with Crippen molar-refractivity contribution in [3.63, 3.8) is 0 Å². The Kier molecular flexibility index (Phi) is 5.64. The molecule has 1 rings (SSSR count). The molecule has 0 aliphatic carbocycles. The van der Waals surface area contributed by atoms with Crippen molar-refractivity contribution >= 4 is 5.91 Å². The van der Waals surface area contributed by atoms with Crippen molar-refractivity contribution < 1.29 is 13.6 Å². The number of carbonyl (C=O) groups excluding carboxylic acids is 1. The van der Waals surface area contributed by atoms with E-state index < -0.39 is 17.7 Å². The first-order valence-corrected chi connectivity index (χ1v) is 5.90. The van der Waals surface area contributed by atoms with E-state index in [0.717, 1.165) is 25.4 Å². The molecule has 0 atom stereocenters. The van der Waals surface area contributed by atoms with Gasteiger partial charge in [-0.2, -0.15) is 4.39 Å². The molecule has 0 saturated heterocycles. The van der Waals surface area contributed by atoms with Gasteiger partial charge in [0.2, 0.25) is 5.95 Å². The summed E-state index contributed by atoms with van der Waals surface area (Å²) < 4.78 is 26.1. The summed E-state index contributed by atoms with van der Waals surface area (Å²) in [4.78, 5) is 16.9. The smallest absolute Gasteiger partial charge is 0.254 e. The van der Waals surface area contributed by atoms with Gasteiger partial charge < -0.3 is 10.2 Å². The molecule has 0 bridgehead atoms. The zero-order valence-electron chi connectivity index (χ0n) is 10.5. The highest BCUT2D eigenvalue weighted by atomic mass is 19.2. The fraction of sp³-hybridized carbons (Fsp3) is 0.500. The van der Waals surface area contributed by atoms with Crippen LogP contribution in [0.2, 0.25) is 0 Å². The van der Waals surface area contributed by atoms with Gasteiger partial charge in [0.25, 0.3) is 5.91 Å². The van der Waals surface area contributed by atoms with Crippen molar-refractivity contribution in [1.29, 1.82) is 0 Å². The maximum absolute atomic E-state index is 13.3. The average molecular weight is 257 g/mol. The summed E-state index contributed by atoms with van der Waals surface area (Å²) in [5.74, 6) is -3.09. The predicted octanol–water partition coefficient (Wildman–Crippen LogP) is 1.43. The summed E-state index contributed by atoms with van der Waals surface area (Å²) in [6.07, 6.45) is 1.07. The Morgan fingerprint density at radius 2 is 2.06 bits per heavy atom. The van der Waals surface area contributed by atoms with Gasteiger partial charge in [-0.1, -0.05) is 13.8 Å². The lowest BCUT2D eigenvalue weighted by Gasteiger charge is -2.17. The van der Waals surface area contributed by atoms with Gasteiger partial charge >= 0.3 is 0 Å². The molecule has 1 aromatic rings. The molecule has 0 fully saturated rings. The largest absolute Gasteiger partial charge is 0.351 e. The number of hydrogen-bond acceptors (Lipinski definition) is 3. The lowest BCUT2D eigenvalue weighted by atomic mass is 10.2. The molecule has 1 heterocycles. The van der Waals surface area contributed by atoms with Gasteiger partial charge in [-0.3, -0.25) is 4.79 Å². The van der Waals surface area contributed by atoms with Crippen molar-refractivity contribution in [2.45, 2.75) is 13.8 Å². The van der Waals surface area contributed by atoms with Gasteiger partial charge in [0.05, 0.1) is 5.56 Å². The van der Waals surface area contributed by atoms with Crippen molar-refractivity contribution in [2.24, 2.45) is 0 Å². The Morgan fingerprint density at radius 3 is 2.67 bits per heavy atom. The Bertz CT molecular complexity index is 408. The van der Waals surface area contributed by atoms with Crippen molar-refractivity contribution in [3.05, 3.63) is 29.6 Å². The fourth-order valence-electron chi connectivity index (χ4n) is 1.56. The van der Waals surface area contributed by atoms with Crippen molar-refractivity contribution in [2.75, 3.05) is 26.2 Å². The van der Waals surface area contributed by atoms with E-state index >= 15 is 0 Å². The van der Waals surface area contributed by atoms with E-state index in [1.807, 2.05) is 13.8 Å². The summed E-state index contributed by atoms with van der Waals surface area (Å²) in [6.45, 7) is 6.86. The van der Waals surface area contributed by atoms with Crippen LogP contribution < -0.4 is 5.32 Å². The molecule has 1 N–H and O–H groups in total. The van der Waals surface area contributed by atoms with Crippen LogP contribution in [-0.2, 0) is 0 Å². The summed E-state index contributed by atoms with van der Waals surface area (Å²) in [6, 6.07) is 1.16. The molecule has 100 valence electrons. The van der Waals surface area contributed by atoms with Crippen LogP contribution in [-0.4, -0.2) is 42.0 Å². The number of aromatic nitrogens is 1. The van der Waals surface area contributed by atoms with Crippen LogP contribution in [0.3, 0.4) is 0 Å². The van der Waals surface area contributed by atoms with Crippen LogP contribution in [0.1, 0.15) is 24.2 Å². The van der Waals surface area contributed by atoms with E-state index in [0.29, 0.717) is 13.1 Å². The maximum Gasteiger partial charge on any atom is 0.254 e. The lowest BCUT2D eigenvalue weighted by molar-refractivity contribution is 0.0943. The molecular weight excluding hydrogens is 240 g/mol. The third kappa shape index (κ3) is 3.73. The summed E-state index contributed by atoms with van der Waals surface area (Å²) >= 11 is 0. The predicted molar refractivity (Wildman–Crippen MR) is 64.3 cm³/mol. The lowest BCUT2D eigenvalue weighted by Crippen LogP contribution is -2.35. The number of halogens is 2. The molecule has 0 radical (unpaired) electrons. The van der Waals surface area contributed by atoms with Crippen molar-refractivity contribution in [1.82, 2.24) is 15.2 Å². The molecule has 18 heavy (non-hydrogen) atoms. The van der Waals surface area contributed by atoms with Gasteiger partial charge in [-0.05, 0) is 19.2 Å². The molecule has 0 spiro atoms. The van der Waals surface area contributed by atoms with Crippen LogP contribution in [0, 0.1) is 11.8 Å².